The summed E-state index contributed by atoms with van der Waals surface area (Å²) >= 11 is 0. The summed E-state index contributed by atoms with van der Waals surface area (Å²) < 4.78 is 0. The van der Waals surface area contributed by atoms with Crippen molar-refractivity contribution in [2.24, 2.45) is 0 Å². The van der Waals surface area contributed by atoms with E-state index < -0.39 is 0 Å². The lowest BCUT2D eigenvalue weighted by Gasteiger charge is -2.08. The van der Waals surface area contributed by atoms with Gasteiger partial charge in [0.2, 0.25) is 0 Å². The van der Waals surface area contributed by atoms with E-state index in [1.54, 1.807) is 18.6 Å². The third-order valence-electron chi connectivity index (χ3n) is 4.34. The smallest absolute Gasteiger partial charge is 0.251 e. The van der Waals surface area contributed by atoms with Gasteiger partial charge in [0.15, 0.2) is 0 Å². The number of nitrogens with zero attached hydrogens (tertiary/aromatic N) is 2. The number of aromatic nitrogens is 3. The fourth-order valence-electron chi connectivity index (χ4n) is 2.95. The van der Waals surface area contributed by atoms with Gasteiger partial charge in [-0.25, -0.2) is 0 Å². The zero-order valence-electron chi connectivity index (χ0n) is 14.6. The number of H-pyrrole nitrogens is 1. The van der Waals surface area contributed by atoms with Crippen LogP contribution in [-0.4, -0.2) is 21.1 Å². The first-order chi connectivity index (χ1) is 13.3. The van der Waals surface area contributed by atoms with Crippen LogP contribution in [0.5, 0.6) is 0 Å². The Morgan fingerprint density at radius 3 is 2.56 bits per heavy atom. The van der Waals surface area contributed by atoms with Gasteiger partial charge in [-0.2, -0.15) is 5.10 Å². The van der Waals surface area contributed by atoms with Gasteiger partial charge >= 0.3 is 0 Å². The maximum Gasteiger partial charge on any atom is 0.251 e. The molecule has 4 aromatic rings. The third-order valence-corrected chi connectivity index (χ3v) is 4.34. The summed E-state index contributed by atoms with van der Waals surface area (Å²) in [6.07, 6.45) is 5.28. The minimum absolute atomic E-state index is 0.106. The topological polar surface area (TPSA) is 70.7 Å². The van der Waals surface area contributed by atoms with Crippen molar-refractivity contribution in [1.29, 1.82) is 0 Å². The maximum absolute atomic E-state index is 12.5. The number of carbonyl (C=O) groups is 1. The highest BCUT2D eigenvalue weighted by Crippen LogP contribution is 2.30. The van der Waals surface area contributed by atoms with Crippen molar-refractivity contribution < 1.29 is 4.79 Å². The van der Waals surface area contributed by atoms with Crippen LogP contribution in [-0.2, 0) is 6.54 Å². The van der Waals surface area contributed by atoms with Crippen LogP contribution in [0.15, 0.2) is 85.3 Å². The average Bonchev–Trinajstić information content (AvgIpc) is 3.23. The lowest BCUT2D eigenvalue weighted by Crippen LogP contribution is -2.22. The molecule has 0 saturated heterocycles. The molecule has 27 heavy (non-hydrogen) atoms. The number of hydrogen-bond acceptors (Lipinski definition) is 3. The second kappa shape index (κ2) is 7.66. The zero-order chi connectivity index (χ0) is 18.5. The Kier molecular flexibility index (Phi) is 4.74. The second-order valence-electron chi connectivity index (χ2n) is 6.14. The van der Waals surface area contributed by atoms with E-state index in [0.717, 1.165) is 27.9 Å². The number of aromatic amines is 1. The molecule has 0 bridgehead atoms. The Morgan fingerprint density at radius 2 is 1.74 bits per heavy atom. The molecule has 0 aliphatic rings. The molecule has 2 aromatic carbocycles. The van der Waals surface area contributed by atoms with Crippen LogP contribution in [0.25, 0.3) is 22.4 Å². The standard InChI is InChI=1S/C22H18N4O/c27-22(24-14-16-5-2-1-3-6-16)19-8-4-7-18(13-19)21-20(15-25-26-21)17-9-11-23-12-10-17/h1-13,15H,14H2,(H,24,27)(H,25,26). The molecule has 0 aliphatic carbocycles. The summed E-state index contributed by atoms with van der Waals surface area (Å²) in [5, 5.41) is 10.2. The molecule has 5 heteroatoms. The summed E-state index contributed by atoms with van der Waals surface area (Å²) in [6, 6.07) is 21.3. The molecule has 132 valence electrons. The monoisotopic (exact) mass is 354 g/mol. The van der Waals surface area contributed by atoms with Gasteiger partial charge in [0.25, 0.3) is 5.91 Å². The highest BCUT2D eigenvalue weighted by molar-refractivity contribution is 5.96. The number of carbonyl (C=O) groups excluding carboxylic acids is 1. The van der Waals surface area contributed by atoms with E-state index in [4.69, 9.17) is 0 Å². The van der Waals surface area contributed by atoms with Gasteiger partial charge in [0.05, 0.1) is 11.9 Å². The minimum Gasteiger partial charge on any atom is -0.348 e. The predicted molar refractivity (Wildman–Crippen MR) is 105 cm³/mol. The Morgan fingerprint density at radius 1 is 0.926 bits per heavy atom. The molecule has 4 rings (SSSR count). The molecule has 1 amide bonds. The Hall–Kier alpha value is -3.73. The highest BCUT2D eigenvalue weighted by atomic mass is 16.1. The molecule has 0 radical (unpaired) electrons. The van der Waals surface area contributed by atoms with Crippen molar-refractivity contribution in [3.05, 3.63) is 96.4 Å². The number of amides is 1. The molecule has 2 aromatic heterocycles. The van der Waals surface area contributed by atoms with Crippen LogP contribution in [0.4, 0.5) is 0 Å². The van der Waals surface area contributed by atoms with Crippen LogP contribution in [0.3, 0.4) is 0 Å². The average molecular weight is 354 g/mol. The normalized spacial score (nSPS) is 10.5. The van der Waals surface area contributed by atoms with E-state index in [1.165, 1.54) is 0 Å². The van der Waals surface area contributed by atoms with Crippen molar-refractivity contribution in [2.45, 2.75) is 6.54 Å². The van der Waals surface area contributed by atoms with Crippen LogP contribution in [0, 0.1) is 0 Å². The van der Waals surface area contributed by atoms with Gasteiger partial charge in [-0.3, -0.25) is 14.9 Å². The second-order valence-corrected chi connectivity index (χ2v) is 6.14. The SMILES string of the molecule is O=C(NCc1ccccc1)c1cccc(-c2[nH]ncc2-c2ccncc2)c1. The number of nitrogens with one attached hydrogen (secondary N) is 2. The molecule has 2 heterocycles. The minimum atomic E-state index is -0.106. The Balaban J connectivity index is 1.57. The van der Waals surface area contributed by atoms with E-state index >= 15 is 0 Å². The third kappa shape index (κ3) is 3.77. The van der Waals surface area contributed by atoms with Crippen molar-refractivity contribution in [3.63, 3.8) is 0 Å². The van der Waals surface area contributed by atoms with Crippen LogP contribution in [0.1, 0.15) is 15.9 Å². The summed E-state index contributed by atoms with van der Waals surface area (Å²) in [5.41, 5.74) is 5.45. The Bertz CT molecular complexity index is 1040. The molecule has 0 saturated carbocycles. The summed E-state index contributed by atoms with van der Waals surface area (Å²) in [7, 11) is 0. The van der Waals surface area contributed by atoms with E-state index in [1.807, 2.05) is 66.7 Å². The molecule has 0 spiro atoms. The first-order valence-corrected chi connectivity index (χ1v) is 8.67. The lowest BCUT2D eigenvalue weighted by molar-refractivity contribution is 0.0951. The van der Waals surface area contributed by atoms with Crippen molar-refractivity contribution in [1.82, 2.24) is 20.5 Å². The van der Waals surface area contributed by atoms with E-state index in [0.29, 0.717) is 12.1 Å². The first-order valence-electron chi connectivity index (χ1n) is 8.67. The molecule has 0 unspecified atom stereocenters. The van der Waals surface area contributed by atoms with Crippen LogP contribution >= 0.6 is 0 Å². The molecular formula is C22H18N4O. The number of hydrogen-bond donors (Lipinski definition) is 2. The van der Waals surface area contributed by atoms with Gasteiger partial charge in [-0.05, 0) is 35.4 Å². The summed E-state index contributed by atoms with van der Waals surface area (Å²) in [6.45, 7) is 0.496. The molecule has 2 N–H and O–H groups in total. The van der Waals surface area contributed by atoms with Crippen LogP contribution in [0.2, 0.25) is 0 Å². The molecule has 0 fully saturated rings. The van der Waals surface area contributed by atoms with E-state index in [2.05, 4.69) is 20.5 Å². The van der Waals surface area contributed by atoms with Gasteiger partial charge in [0, 0.05) is 35.6 Å². The van der Waals surface area contributed by atoms with Crippen molar-refractivity contribution >= 4 is 5.91 Å². The zero-order valence-corrected chi connectivity index (χ0v) is 14.6. The van der Waals surface area contributed by atoms with E-state index in [-0.39, 0.29) is 5.91 Å². The van der Waals surface area contributed by atoms with Crippen molar-refractivity contribution in [2.75, 3.05) is 0 Å². The highest BCUT2D eigenvalue weighted by Gasteiger charge is 2.12. The van der Waals surface area contributed by atoms with Gasteiger partial charge in [-0.1, -0.05) is 42.5 Å². The molecule has 5 nitrogen and oxygen atoms in total. The number of benzene rings is 2. The predicted octanol–water partition coefficient (Wildman–Crippen LogP) is 4.07. The number of rotatable bonds is 5. The molecule has 0 aliphatic heterocycles. The molecular weight excluding hydrogens is 336 g/mol. The fraction of sp³-hybridized carbons (Fsp3) is 0.0455. The van der Waals surface area contributed by atoms with E-state index in [9.17, 15) is 4.79 Å². The molecule has 0 atom stereocenters. The largest absolute Gasteiger partial charge is 0.348 e. The fourth-order valence-corrected chi connectivity index (χ4v) is 2.95. The van der Waals surface area contributed by atoms with Gasteiger partial charge in [-0.15, -0.1) is 0 Å². The summed E-state index contributed by atoms with van der Waals surface area (Å²) in [5.74, 6) is -0.106. The van der Waals surface area contributed by atoms with Gasteiger partial charge in [0.1, 0.15) is 0 Å². The maximum atomic E-state index is 12.5. The van der Waals surface area contributed by atoms with Crippen LogP contribution < -0.4 is 5.32 Å². The first kappa shape index (κ1) is 16.7. The summed E-state index contributed by atoms with van der Waals surface area (Å²) in [4.78, 5) is 16.6. The number of pyridine rings is 1. The van der Waals surface area contributed by atoms with Crippen molar-refractivity contribution in [3.8, 4) is 22.4 Å². The quantitative estimate of drug-likeness (QED) is 0.567. The van der Waals surface area contributed by atoms with Gasteiger partial charge < -0.3 is 5.32 Å². The Labute approximate surface area is 157 Å². The lowest BCUT2D eigenvalue weighted by atomic mass is 10.0.